The number of nitrogens with two attached hydrogens (primary N) is 1. The Hall–Kier alpha value is -1.94. The number of furan rings is 1. The molecule has 0 spiro atoms. The van der Waals surface area contributed by atoms with Crippen LogP contribution in [0.1, 0.15) is 23.0 Å². The number of carbonyl (C=O) groups excluding carboxylic acids is 1. The Bertz CT molecular complexity index is 578. The van der Waals surface area contributed by atoms with Crippen LogP contribution in [-0.4, -0.2) is 5.91 Å². The van der Waals surface area contributed by atoms with E-state index in [1.165, 1.54) is 6.26 Å². The molecule has 0 aliphatic rings. The van der Waals surface area contributed by atoms with Gasteiger partial charge in [0.05, 0.1) is 22.5 Å². The summed E-state index contributed by atoms with van der Waals surface area (Å²) in [6.45, 7) is 1.93. The molecular weight excluding hydrogens is 252 g/mol. The van der Waals surface area contributed by atoms with Crippen molar-refractivity contribution in [2.45, 2.75) is 13.3 Å². The van der Waals surface area contributed by atoms with E-state index in [0.717, 1.165) is 0 Å². The highest BCUT2D eigenvalue weighted by Gasteiger charge is 2.13. The lowest BCUT2D eigenvalue weighted by Crippen LogP contribution is -2.12. The molecule has 1 amide bonds. The van der Waals surface area contributed by atoms with Crippen LogP contribution in [0.4, 0.5) is 11.4 Å². The maximum Gasteiger partial charge on any atom is 0.259 e. The fourth-order valence-electron chi connectivity index (χ4n) is 1.62. The van der Waals surface area contributed by atoms with E-state index in [1.54, 1.807) is 24.3 Å². The van der Waals surface area contributed by atoms with Crippen molar-refractivity contribution in [3.05, 3.63) is 46.9 Å². The number of benzene rings is 1. The molecule has 4 nitrogen and oxygen atoms in total. The number of carbonyl (C=O) groups is 1. The highest BCUT2D eigenvalue weighted by molar-refractivity contribution is 6.33. The van der Waals surface area contributed by atoms with Crippen LogP contribution < -0.4 is 11.1 Å². The Labute approximate surface area is 110 Å². The van der Waals surface area contributed by atoms with Crippen LogP contribution in [0.25, 0.3) is 0 Å². The van der Waals surface area contributed by atoms with Crippen molar-refractivity contribution in [2.24, 2.45) is 0 Å². The molecule has 0 atom stereocenters. The number of halogens is 1. The van der Waals surface area contributed by atoms with Crippen LogP contribution in [0, 0.1) is 0 Å². The summed E-state index contributed by atoms with van der Waals surface area (Å²) in [5.74, 6) is 0.440. The zero-order valence-electron chi connectivity index (χ0n) is 9.87. The van der Waals surface area contributed by atoms with Gasteiger partial charge in [-0.1, -0.05) is 18.5 Å². The summed E-state index contributed by atoms with van der Waals surface area (Å²) < 4.78 is 5.21. The molecular formula is C13H13ClN2O2. The maximum absolute atomic E-state index is 12.0. The Morgan fingerprint density at radius 1 is 1.44 bits per heavy atom. The average molecular weight is 265 g/mol. The third-order valence-corrected chi connectivity index (χ3v) is 2.90. The molecule has 0 unspecified atom stereocenters. The van der Waals surface area contributed by atoms with Crippen LogP contribution in [0.15, 0.2) is 34.9 Å². The predicted octanol–water partition coefficient (Wildman–Crippen LogP) is 3.33. The number of nitrogens with one attached hydrogen (secondary N) is 1. The smallest absolute Gasteiger partial charge is 0.259 e. The van der Waals surface area contributed by atoms with Gasteiger partial charge in [-0.15, -0.1) is 0 Å². The molecule has 2 rings (SSSR count). The molecule has 0 bridgehead atoms. The number of aryl methyl sites for hydroxylation is 1. The Kier molecular flexibility index (Phi) is 3.58. The quantitative estimate of drug-likeness (QED) is 0.836. The van der Waals surface area contributed by atoms with Crippen LogP contribution in [0.3, 0.4) is 0 Å². The van der Waals surface area contributed by atoms with E-state index in [9.17, 15) is 4.79 Å². The summed E-state index contributed by atoms with van der Waals surface area (Å²) in [5, 5.41) is 3.16. The summed E-state index contributed by atoms with van der Waals surface area (Å²) in [5.41, 5.74) is 7.21. The van der Waals surface area contributed by atoms with Crippen molar-refractivity contribution < 1.29 is 9.21 Å². The van der Waals surface area contributed by atoms with Gasteiger partial charge in [0, 0.05) is 12.1 Å². The van der Waals surface area contributed by atoms with Crippen LogP contribution in [-0.2, 0) is 6.42 Å². The molecule has 0 radical (unpaired) electrons. The molecule has 0 saturated carbocycles. The number of nitrogen functional groups attached to an aromatic ring is 1. The van der Waals surface area contributed by atoms with Crippen molar-refractivity contribution in [1.29, 1.82) is 0 Å². The molecule has 3 N–H and O–H groups in total. The fraction of sp³-hybridized carbons (Fsp3) is 0.154. The van der Waals surface area contributed by atoms with Crippen molar-refractivity contribution >= 4 is 28.9 Å². The summed E-state index contributed by atoms with van der Waals surface area (Å²) >= 11 is 5.89. The minimum absolute atomic E-state index is 0.221. The summed E-state index contributed by atoms with van der Waals surface area (Å²) in [6.07, 6.45) is 2.17. The second kappa shape index (κ2) is 5.14. The van der Waals surface area contributed by atoms with Crippen LogP contribution in [0.2, 0.25) is 5.02 Å². The van der Waals surface area contributed by atoms with E-state index < -0.39 is 0 Å². The third-order valence-electron chi connectivity index (χ3n) is 2.57. The molecule has 0 fully saturated rings. The van der Waals surface area contributed by atoms with E-state index in [0.29, 0.717) is 34.1 Å². The van der Waals surface area contributed by atoms with Gasteiger partial charge in [0.2, 0.25) is 0 Å². The predicted molar refractivity (Wildman–Crippen MR) is 71.9 cm³/mol. The van der Waals surface area contributed by atoms with E-state index in [4.69, 9.17) is 21.8 Å². The highest BCUT2D eigenvalue weighted by atomic mass is 35.5. The molecule has 1 aromatic carbocycles. The first-order valence-electron chi connectivity index (χ1n) is 5.54. The Morgan fingerprint density at radius 3 is 2.89 bits per heavy atom. The lowest BCUT2D eigenvalue weighted by atomic mass is 10.2. The SMILES string of the molecule is CCc1occc1C(=O)Nc1ccc(N)c(Cl)c1. The molecule has 1 heterocycles. The second-order valence-electron chi connectivity index (χ2n) is 3.80. The standard InChI is InChI=1S/C13H13ClN2O2/c1-2-12-9(5-6-18-12)13(17)16-8-3-4-11(15)10(14)7-8/h3-7H,2,15H2,1H3,(H,16,17). The van der Waals surface area contributed by atoms with Gasteiger partial charge in [-0.25, -0.2) is 0 Å². The van der Waals surface area contributed by atoms with Crippen molar-refractivity contribution in [2.75, 3.05) is 11.1 Å². The minimum Gasteiger partial charge on any atom is -0.469 e. The number of amides is 1. The Morgan fingerprint density at radius 2 is 2.22 bits per heavy atom. The van der Waals surface area contributed by atoms with Gasteiger partial charge in [0.1, 0.15) is 5.76 Å². The summed E-state index contributed by atoms with van der Waals surface area (Å²) in [6, 6.07) is 6.60. The fourth-order valence-corrected chi connectivity index (χ4v) is 1.80. The van der Waals surface area contributed by atoms with E-state index in [1.807, 2.05) is 6.92 Å². The van der Waals surface area contributed by atoms with Gasteiger partial charge in [0.15, 0.2) is 0 Å². The van der Waals surface area contributed by atoms with Crippen molar-refractivity contribution in [1.82, 2.24) is 0 Å². The lowest BCUT2D eigenvalue weighted by Gasteiger charge is -2.06. The minimum atomic E-state index is -0.221. The molecule has 5 heteroatoms. The highest BCUT2D eigenvalue weighted by Crippen LogP contribution is 2.23. The van der Waals surface area contributed by atoms with Gasteiger partial charge < -0.3 is 15.5 Å². The van der Waals surface area contributed by atoms with Crippen molar-refractivity contribution in [3.63, 3.8) is 0 Å². The van der Waals surface area contributed by atoms with Crippen LogP contribution in [0.5, 0.6) is 0 Å². The number of hydrogen-bond donors (Lipinski definition) is 2. The van der Waals surface area contributed by atoms with E-state index in [2.05, 4.69) is 5.32 Å². The number of anilines is 2. The van der Waals surface area contributed by atoms with Gasteiger partial charge >= 0.3 is 0 Å². The first kappa shape index (κ1) is 12.5. The van der Waals surface area contributed by atoms with E-state index in [-0.39, 0.29) is 5.91 Å². The maximum atomic E-state index is 12.0. The van der Waals surface area contributed by atoms with E-state index >= 15 is 0 Å². The van der Waals surface area contributed by atoms with Crippen LogP contribution >= 0.6 is 11.6 Å². The summed E-state index contributed by atoms with van der Waals surface area (Å²) in [4.78, 5) is 12.0. The zero-order chi connectivity index (χ0) is 13.1. The topological polar surface area (TPSA) is 68.3 Å². The van der Waals surface area contributed by atoms with Gasteiger partial charge in [-0.3, -0.25) is 4.79 Å². The lowest BCUT2D eigenvalue weighted by molar-refractivity contribution is 0.102. The largest absolute Gasteiger partial charge is 0.469 e. The average Bonchev–Trinajstić information content (AvgIpc) is 2.82. The molecule has 0 aliphatic carbocycles. The Balaban J connectivity index is 2.19. The van der Waals surface area contributed by atoms with Gasteiger partial charge in [-0.05, 0) is 24.3 Å². The normalized spacial score (nSPS) is 10.3. The third kappa shape index (κ3) is 2.49. The zero-order valence-corrected chi connectivity index (χ0v) is 10.6. The molecule has 0 aliphatic heterocycles. The molecule has 94 valence electrons. The first-order chi connectivity index (χ1) is 8.61. The molecule has 2 aromatic rings. The summed E-state index contributed by atoms with van der Waals surface area (Å²) in [7, 11) is 0. The van der Waals surface area contributed by atoms with Gasteiger partial charge in [-0.2, -0.15) is 0 Å². The second-order valence-corrected chi connectivity index (χ2v) is 4.21. The van der Waals surface area contributed by atoms with Crippen molar-refractivity contribution in [3.8, 4) is 0 Å². The first-order valence-corrected chi connectivity index (χ1v) is 5.92. The molecule has 1 aromatic heterocycles. The monoisotopic (exact) mass is 264 g/mol. The number of hydrogen-bond acceptors (Lipinski definition) is 3. The molecule has 18 heavy (non-hydrogen) atoms. The number of rotatable bonds is 3. The van der Waals surface area contributed by atoms with Gasteiger partial charge in [0.25, 0.3) is 5.91 Å². The molecule has 0 saturated heterocycles.